The van der Waals surface area contributed by atoms with Crippen molar-refractivity contribution in [2.45, 2.75) is 26.3 Å². The highest BCUT2D eigenvalue weighted by Crippen LogP contribution is 2.40. The summed E-state index contributed by atoms with van der Waals surface area (Å²) < 4.78 is 1.82. The second-order valence-corrected chi connectivity index (χ2v) is 7.29. The Balaban J connectivity index is 1.91. The Labute approximate surface area is 154 Å². The number of aromatic nitrogens is 4. The smallest absolute Gasteiger partial charge is 0.238 e. The molecular formula is C17H15Cl2N5O. The Bertz CT molecular complexity index is 998. The Kier molecular flexibility index (Phi) is 3.89. The van der Waals surface area contributed by atoms with Crippen molar-refractivity contribution in [3.8, 4) is 0 Å². The number of carbonyl (C=O) groups is 1. The maximum atomic E-state index is 12.6. The molecule has 1 aromatic carbocycles. The van der Waals surface area contributed by atoms with Crippen molar-refractivity contribution >= 4 is 45.8 Å². The van der Waals surface area contributed by atoms with Gasteiger partial charge in [0.1, 0.15) is 5.92 Å². The highest BCUT2D eigenvalue weighted by molar-refractivity contribution is 6.31. The second-order valence-electron chi connectivity index (χ2n) is 6.51. The zero-order chi connectivity index (χ0) is 17.7. The molecule has 25 heavy (non-hydrogen) atoms. The number of benzene rings is 1. The number of carbonyl (C=O) groups excluding carboxylic acids is 1. The number of nitrogens with zero attached hydrogens (tertiary/aromatic N) is 4. The molecule has 128 valence electrons. The van der Waals surface area contributed by atoms with Gasteiger partial charge in [0.25, 0.3) is 0 Å². The van der Waals surface area contributed by atoms with E-state index in [0.717, 1.165) is 23.2 Å². The van der Waals surface area contributed by atoms with E-state index in [0.29, 0.717) is 22.3 Å². The van der Waals surface area contributed by atoms with Crippen LogP contribution in [-0.4, -0.2) is 25.7 Å². The largest absolute Gasteiger partial charge is 0.325 e. The van der Waals surface area contributed by atoms with E-state index in [1.807, 2.05) is 10.9 Å². The van der Waals surface area contributed by atoms with E-state index in [1.165, 1.54) is 0 Å². The molecule has 0 bridgehead atoms. The minimum atomic E-state index is -0.589. The Morgan fingerprint density at radius 3 is 2.84 bits per heavy atom. The van der Waals surface area contributed by atoms with Gasteiger partial charge in [0.05, 0.1) is 11.1 Å². The molecule has 1 unspecified atom stereocenters. The van der Waals surface area contributed by atoms with Crippen LogP contribution in [0, 0.1) is 5.92 Å². The summed E-state index contributed by atoms with van der Waals surface area (Å²) in [7, 11) is 0. The third-order valence-corrected chi connectivity index (χ3v) is 4.50. The minimum absolute atomic E-state index is 0.0700. The summed E-state index contributed by atoms with van der Waals surface area (Å²) in [5, 5.41) is 8.69. The molecule has 0 radical (unpaired) electrons. The van der Waals surface area contributed by atoms with E-state index in [1.54, 1.807) is 18.2 Å². The molecule has 0 saturated carbocycles. The lowest BCUT2D eigenvalue weighted by Crippen LogP contribution is -2.15. The predicted molar refractivity (Wildman–Crippen MR) is 97.1 cm³/mol. The normalized spacial score (nSPS) is 16.5. The maximum Gasteiger partial charge on any atom is 0.238 e. The molecule has 3 aromatic rings. The van der Waals surface area contributed by atoms with Crippen LogP contribution in [0.4, 0.5) is 5.69 Å². The number of halogens is 2. The first-order valence-electron chi connectivity index (χ1n) is 7.93. The molecule has 0 aliphatic carbocycles. The van der Waals surface area contributed by atoms with Crippen LogP contribution in [0.15, 0.2) is 24.4 Å². The first kappa shape index (κ1) is 16.3. The second kappa shape index (κ2) is 5.97. The van der Waals surface area contributed by atoms with Crippen molar-refractivity contribution < 1.29 is 4.79 Å². The summed E-state index contributed by atoms with van der Waals surface area (Å²) >= 11 is 12.2. The number of amides is 1. The number of fused-ring (bicyclic) bond motifs is 2. The van der Waals surface area contributed by atoms with Crippen LogP contribution in [0.1, 0.15) is 31.0 Å². The van der Waals surface area contributed by atoms with Crippen molar-refractivity contribution in [2.75, 3.05) is 5.32 Å². The van der Waals surface area contributed by atoms with Gasteiger partial charge < -0.3 is 5.32 Å². The maximum absolute atomic E-state index is 12.6. The van der Waals surface area contributed by atoms with Gasteiger partial charge >= 0.3 is 0 Å². The SMILES string of the molecule is CC(C)Cn1cc2c(C3C(=O)Nc4ccc(Cl)cc43)nc(Cl)nc2n1. The van der Waals surface area contributed by atoms with Crippen LogP contribution >= 0.6 is 23.2 Å². The van der Waals surface area contributed by atoms with Crippen molar-refractivity contribution in [1.29, 1.82) is 0 Å². The van der Waals surface area contributed by atoms with Crippen LogP contribution in [0.25, 0.3) is 11.0 Å². The van der Waals surface area contributed by atoms with E-state index in [-0.39, 0.29) is 11.2 Å². The Morgan fingerprint density at radius 2 is 2.08 bits per heavy atom. The Morgan fingerprint density at radius 1 is 1.28 bits per heavy atom. The van der Waals surface area contributed by atoms with Crippen LogP contribution < -0.4 is 5.32 Å². The molecule has 3 heterocycles. The number of rotatable bonds is 3. The average molecular weight is 376 g/mol. The van der Waals surface area contributed by atoms with Gasteiger partial charge in [-0.25, -0.2) is 4.98 Å². The summed E-state index contributed by atoms with van der Waals surface area (Å²) in [4.78, 5) is 21.1. The van der Waals surface area contributed by atoms with Crippen molar-refractivity contribution in [3.63, 3.8) is 0 Å². The molecule has 0 spiro atoms. The zero-order valence-corrected chi connectivity index (χ0v) is 15.1. The third kappa shape index (κ3) is 2.85. The molecular weight excluding hydrogens is 361 g/mol. The number of hydrogen-bond acceptors (Lipinski definition) is 4. The van der Waals surface area contributed by atoms with Gasteiger partial charge in [-0.05, 0) is 41.3 Å². The third-order valence-electron chi connectivity index (χ3n) is 4.10. The molecule has 4 rings (SSSR count). The average Bonchev–Trinajstić information content (AvgIpc) is 3.05. The highest BCUT2D eigenvalue weighted by atomic mass is 35.5. The summed E-state index contributed by atoms with van der Waals surface area (Å²) in [5.41, 5.74) is 2.55. The Hall–Kier alpha value is -2.18. The van der Waals surface area contributed by atoms with Crippen LogP contribution in [0.3, 0.4) is 0 Å². The molecule has 1 aliphatic rings. The molecule has 2 aromatic heterocycles. The molecule has 0 saturated heterocycles. The minimum Gasteiger partial charge on any atom is -0.325 e. The quantitative estimate of drug-likeness (QED) is 0.705. The van der Waals surface area contributed by atoms with Crippen LogP contribution in [-0.2, 0) is 11.3 Å². The predicted octanol–water partition coefficient (Wildman–Crippen LogP) is 3.87. The lowest BCUT2D eigenvalue weighted by atomic mass is 9.95. The fraction of sp³-hybridized carbons (Fsp3) is 0.294. The fourth-order valence-electron chi connectivity index (χ4n) is 3.14. The van der Waals surface area contributed by atoms with Crippen molar-refractivity contribution in [2.24, 2.45) is 5.92 Å². The summed E-state index contributed by atoms with van der Waals surface area (Å²) in [5.74, 6) is -0.325. The van der Waals surface area contributed by atoms with Gasteiger partial charge in [0, 0.05) is 23.5 Å². The molecule has 0 fully saturated rings. The lowest BCUT2D eigenvalue weighted by molar-refractivity contribution is -0.116. The van der Waals surface area contributed by atoms with E-state index in [4.69, 9.17) is 23.2 Å². The first-order valence-corrected chi connectivity index (χ1v) is 8.69. The van der Waals surface area contributed by atoms with Crippen molar-refractivity contribution in [1.82, 2.24) is 19.7 Å². The van der Waals surface area contributed by atoms with E-state index >= 15 is 0 Å². The van der Waals surface area contributed by atoms with Crippen LogP contribution in [0.5, 0.6) is 0 Å². The monoisotopic (exact) mass is 375 g/mol. The molecule has 1 amide bonds. The number of nitrogens with one attached hydrogen (secondary N) is 1. The van der Waals surface area contributed by atoms with E-state index < -0.39 is 5.92 Å². The van der Waals surface area contributed by atoms with E-state index in [2.05, 4.69) is 34.2 Å². The fourth-order valence-corrected chi connectivity index (χ4v) is 3.49. The lowest BCUT2D eigenvalue weighted by Gasteiger charge is -2.09. The summed E-state index contributed by atoms with van der Waals surface area (Å²) in [6, 6.07) is 5.31. The first-order chi connectivity index (χ1) is 11.9. The summed E-state index contributed by atoms with van der Waals surface area (Å²) in [6.45, 7) is 4.95. The summed E-state index contributed by atoms with van der Waals surface area (Å²) in [6.07, 6.45) is 1.87. The molecule has 8 heteroatoms. The van der Waals surface area contributed by atoms with E-state index in [9.17, 15) is 4.79 Å². The molecule has 1 aliphatic heterocycles. The number of hydrogen-bond donors (Lipinski definition) is 1. The van der Waals surface area contributed by atoms with Gasteiger partial charge in [0.15, 0.2) is 5.65 Å². The zero-order valence-electron chi connectivity index (χ0n) is 13.6. The molecule has 1 atom stereocenters. The van der Waals surface area contributed by atoms with Gasteiger partial charge in [-0.3, -0.25) is 9.48 Å². The molecule has 1 N–H and O–H groups in total. The van der Waals surface area contributed by atoms with Crippen LogP contribution in [0.2, 0.25) is 10.3 Å². The highest BCUT2D eigenvalue weighted by Gasteiger charge is 2.35. The number of anilines is 1. The van der Waals surface area contributed by atoms with Crippen molar-refractivity contribution in [3.05, 3.63) is 46.0 Å². The van der Waals surface area contributed by atoms with Gasteiger partial charge in [-0.1, -0.05) is 25.4 Å². The van der Waals surface area contributed by atoms with Gasteiger partial charge in [-0.2, -0.15) is 10.1 Å². The standard InChI is InChI=1S/C17H15Cl2N5O/c1-8(2)6-24-7-11-14(21-17(19)22-15(11)23-24)13-10-5-9(18)3-4-12(10)20-16(13)25/h3-5,7-8,13H,6H2,1-2H3,(H,20,25). The topological polar surface area (TPSA) is 72.7 Å². The van der Waals surface area contributed by atoms with Gasteiger partial charge in [-0.15, -0.1) is 0 Å². The van der Waals surface area contributed by atoms with Gasteiger partial charge in [0.2, 0.25) is 11.2 Å². The molecule has 6 nitrogen and oxygen atoms in total.